The SMILES string of the molecule is Cl.O=C(NC1CCSc2ccccc21)[C@@]12CCCC[C@H]1CNC2. The number of thioether (sulfide) groups is 1. The molecule has 0 radical (unpaired) electrons. The fraction of sp³-hybridized carbons (Fsp3) is 0.611. The van der Waals surface area contributed by atoms with E-state index in [1.165, 1.54) is 29.7 Å². The quantitative estimate of drug-likeness (QED) is 0.855. The van der Waals surface area contributed by atoms with E-state index < -0.39 is 0 Å². The molecule has 1 unspecified atom stereocenters. The van der Waals surface area contributed by atoms with Crippen molar-refractivity contribution in [1.29, 1.82) is 0 Å². The standard InChI is InChI=1S/C18H24N2OS.ClH/c21-17(18-9-4-3-5-13(18)11-19-12-18)20-15-8-10-22-16-7-2-1-6-14(15)16;/h1-2,6-7,13,15,19H,3-5,8-12H2,(H,20,21);1H/t13-,15?,18+;/m0./s1. The second-order valence-corrected chi connectivity index (χ2v) is 8.07. The summed E-state index contributed by atoms with van der Waals surface area (Å²) in [5.41, 5.74) is 1.17. The molecule has 4 rings (SSSR count). The van der Waals surface area contributed by atoms with Crippen LogP contribution in [-0.2, 0) is 4.79 Å². The van der Waals surface area contributed by atoms with E-state index in [0.29, 0.717) is 11.8 Å². The lowest BCUT2D eigenvalue weighted by atomic mass is 9.67. The van der Waals surface area contributed by atoms with Crippen molar-refractivity contribution in [3.63, 3.8) is 0 Å². The normalized spacial score (nSPS) is 32.3. The van der Waals surface area contributed by atoms with Crippen molar-refractivity contribution in [2.75, 3.05) is 18.8 Å². The topological polar surface area (TPSA) is 41.1 Å². The van der Waals surface area contributed by atoms with Gasteiger partial charge in [-0.15, -0.1) is 24.2 Å². The Bertz CT molecular complexity index is 582. The third-order valence-electron chi connectivity index (χ3n) is 5.75. The minimum absolute atomic E-state index is 0. The van der Waals surface area contributed by atoms with Crippen molar-refractivity contribution in [3.05, 3.63) is 29.8 Å². The van der Waals surface area contributed by atoms with Crippen LogP contribution in [0, 0.1) is 11.3 Å². The molecular weight excluding hydrogens is 328 g/mol. The fourth-order valence-electron chi connectivity index (χ4n) is 4.48. The number of fused-ring (bicyclic) bond motifs is 2. The van der Waals surface area contributed by atoms with Crippen LogP contribution in [0.15, 0.2) is 29.2 Å². The maximum Gasteiger partial charge on any atom is 0.228 e. The number of benzene rings is 1. The number of rotatable bonds is 2. The first-order valence-electron chi connectivity index (χ1n) is 8.53. The van der Waals surface area contributed by atoms with Crippen LogP contribution in [0.4, 0.5) is 0 Å². The number of hydrogen-bond donors (Lipinski definition) is 2. The number of halogens is 1. The Morgan fingerprint density at radius 2 is 2.13 bits per heavy atom. The molecule has 1 aromatic carbocycles. The molecule has 1 saturated carbocycles. The smallest absolute Gasteiger partial charge is 0.228 e. The van der Waals surface area contributed by atoms with Crippen molar-refractivity contribution in [2.24, 2.45) is 11.3 Å². The molecule has 1 amide bonds. The van der Waals surface area contributed by atoms with Gasteiger partial charge in [0.2, 0.25) is 5.91 Å². The van der Waals surface area contributed by atoms with Crippen LogP contribution in [0.2, 0.25) is 0 Å². The molecule has 5 heteroatoms. The minimum atomic E-state index is -0.141. The van der Waals surface area contributed by atoms with E-state index >= 15 is 0 Å². The number of carbonyl (C=O) groups is 1. The Hall–Kier alpha value is -0.710. The molecule has 0 bridgehead atoms. The maximum absolute atomic E-state index is 13.1. The first-order chi connectivity index (χ1) is 10.8. The van der Waals surface area contributed by atoms with Crippen LogP contribution in [0.5, 0.6) is 0 Å². The van der Waals surface area contributed by atoms with E-state index in [9.17, 15) is 4.79 Å². The lowest BCUT2D eigenvalue weighted by molar-refractivity contribution is -0.134. The Morgan fingerprint density at radius 3 is 3.04 bits per heavy atom. The number of nitrogens with one attached hydrogen (secondary N) is 2. The average molecular weight is 353 g/mol. The zero-order valence-electron chi connectivity index (χ0n) is 13.3. The second-order valence-electron chi connectivity index (χ2n) is 6.93. The van der Waals surface area contributed by atoms with E-state index in [0.717, 1.165) is 31.7 Å². The monoisotopic (exact) mass is 352 g/mol. The molecule has 2 heterocycles. The summed E-state index contributed by atoms with van der Waals surface area (Å²) in [5, 5.41) is 6.89. The number of hydrogen-bond acceptors (Lipinski definition) is 3. The summed E-state index contributed by atoms with van der Waals surface area (Å²) in [6, 6.07) is 8.73. The zero-order valence-corrected chi connectivity index (χ0v) is 15.0. The van der Waals surface area contributed by atoms with Gasteiger partial charge in [0.25, 0.3) is 0 Å². The maximum atomic E-state index is 13.1. The van der Waals surface area contributed by atoms with Gasteiger partial charge in [-0.2, -0.15) is 0 Å². The molecule has 2 fully saturated rings. The first-order valence-corrected chi connectivity index (χ1v) is 9.51. The lowest BCUT2D eigenvalue weighted by Gasteiger charge is -2.39. The van der Waals surface area contributed by atoms with Crippen molar-refractivity contribution in [1.82, 2.24) is 10.6 Å². The second kappa shape index (κ2) is 7.04. The summed E-state index contributed by atoms with van der Waals surface area (Å²) in [5.74, 6) is 1.93. The molecule has 23 heavy (non-hydrogen) atoms. The van der Waals surface area contributed by atoms with Gasteiger partial charge in [0.05, 0.1) is 11.5 Å². The molecule has 126 valence electrons. The predicted octanol–water partition coefficient (Wildman–Crippen LogP) is 3.54. The van der Waals surface area contributed by atoms with Crippen molar-refractivity contribution < 1.29 is 4.79 Å². The Kier molecular flexibility index (Phi) is 5.24. The van der Waals surface area contributed by atoms with Crippen LogP contribution < -0.4 is 10.6 Å². The van der Waals surface area contributed by atoms with E-state index in [4.69, 9.17) is 0 Å². The summed E-state index contributed by atoms with van der Waals surface area (Å²) in [4.78, 5) is 14.5. The third-order valence-corrected chi connectivity index (χ3v) is 6.88. The highest BCUT2D eigenvalue weighted by Gasteiger charge is 2.50. The van der Waals surface area contributed by atoms with Gasteiger partial charge in [-0.25, -0.2) is 0 Å². The van der Waals surface area contributed by atoms with Crippen LogP contribution in [-0.4, -0.2) is 24.7 Å². The van der Waals surface area contributed by atoms with E-state index in [1.54, 1.807) is 0 Å². The highest BCUT2D eigenvalue weighted by atomic mass is 35.5. The van der Waals surface area contributed by atoms with Crippen LogP contribution in [0.25, 0.3) is 0 Å². The molecule has 3 atom stereocenters. The molecular formula is C18H25ClN2OS. The molecule has 2 aliphatic heterocycles. The van der Waals surface area contributed by atoms with Crippen molar-refractivity contribution in [2.45, 2.75) is 43.0 Å². The third kappa shape index (κ3) is 3.01. The summed E-state index contributed by atoms with van der Waals surface area (Å²) in [7, 11) is 0. The molecule has 0 aromatic heterocycles. The van der Waals surface area contributed by atoms with Gasteiger partial charge in [0.1, 0.15) is 0 Å². The highest BCUT2D eigenvalue weighted by molar-refractivity contribution is 7.99. The first kappa shape index (κ1) is 17.1. The predicted molar refractivity (Wildman–Crippen MR) is 97.2 cm³/mol. The van der Waals surface area contributed by atoms with Crippen molar-refractivity contribution >= 4 is 30.1 Å². The molecule has 1 aromatic rings. The van der Waals surface area contributed by atoms with Gasteiger partial charge < -0.3 is 10.6 Å². The van der Waals surface area contributed by atoms with Crippen molar-refractivity contribution in [3.8, 4) is 0 Å². The summed E-state index contributed by atoms with van der Waals surface area (Å²) in [6.45, 7) is 1.89. The van der Waals surface area contributed by atoms with Crippen LogP contribution >= 0.6 is 24.2 Å². The van der Waals surface area contributed by atoms with Gasteiger partial charge in [-0.1, -0.05) is 31.0 Å². The average Bonchev–Trinajstić information content (AvgIpc) is 3.00. The summed E-state index contributed by atoms with van der Waals surface area (Å²) >= 11 is 1.91. The zero-order chi connectivity index (χ0) is 15.0. The van der Waals surface area contributed by atoms with E-state index in [2.05, 4.69) is 34.9 Å². The molecule has 0 spiro atoms. The van der Waals surface area contributed by atoms with E-state index in [1.807, 2.05) is 11.8 Å². The van der Waals surface area contributed by atoms with Gasteiger partial charge in [0, 0.05) is 17.2 Å². The highest BCUT2D eigenvalue weighted by Crippen LogP contribution is 2.45. The molecule has 1 saturated heterocycles. The minimum Gasteiger partial charge on any atom is -0.349 e. The van der Waals surface area contributed by atoms with Crippen LogP contribution in [0.3, 0.4) is 0 Å². The molecule has 3 nitrogen and oxygen atoms in total. The molecule has 3 aliphatic rings. The number of amides is 1. The van der Waals surface area contributed by atoms with Gasteiger partial charge >= 0.3 is 0 Å². The van der Waals surface area contributed by atoms with E-state index in [-0.39, 0.29) is 23.9 Å². The van der Waals surface area contributed by atoms with Gasteiger partial charge in [-0.3, -0.25) is 4.79 Å². The molecule has 1 aliphatic carbocycles. The number of carbonyl (C=O) groups excluding carboxylic acids is 1. The van der Waals surface area contributed by atoms with Crippen LogP contribution in [0.1, 0.15) is 43.7 Å². The van der Waals surface area contributed by atoms with Gasteiger partial charge in [-0.05, 0) is 43.4 Å². The Morgan fingerprint density at radius 1 is 1.26 bits per heavy atom. The largest absolute Gasteiger partial charge is 0.349 e. The van der Waals surface area contributed by atoms with Gasteiger partial charge in [0.15, 0.2) is 0 Å². The Balaban J connectivity index is 0.00000156. The summed E-state index contributed by atoms with van der Waals surface area (Å²) < 4.78 is 0. The lowest BCUT2D eigenvalue weighted by Crippen LogP contribution is -2.49. The fourth-order valence-corrected chi connectivity index (χ4v) is 5.61. The Labute approximate surface area is 148 Å². The molecule has 2 N–H and O–H groups in total. The summed E-state index contributed by atoms with van der Waals surface area (Å²) in [6.07, 6.45) is 5.78.